The van der Waals surface area contributed by atoms with Crippen molar-refractivity contribution in [2.75, 3.05) is 36.0 Å². The van der Waals surface area contributed by atoms with Crippen LogP contribution < -0.4 is 9.80 Å². The first kappa shape index (κ1) is 20.9. The van der Waals surface area contributed by atoms with E-state index in [0.29, 0.717) is 42.5 Å². The highest BCUT2D eigenvalue weighted by atomic mass is 35.5. The molecule has 7 nitrogen and oxygen atoms in total. The summed E-state index contributed by atoms with van der Waals surface area (Å²) >= 11 is 7.86. The van der Waals surface area contributed by atoms with Crippen LogP contribution in [-0.2, 0) is 9.59 Å². The molecule has 2 aliphatic heterocycles. The zero-order chi connectivity index (χ0) is 22.4. The minimum Gasteiger partial charge on any atom is -0.345 e. The molecule has 32 heavy (non-hydrogen) atoms. The lowest BCUT2D eigenvalue weighted by molar-refractivity contribution is -0.121. The highest BCUT2D eigenvalue weighted by Gasteiger charge is 2.31. The Hall–Kier alpha value is -2.97. The molecule has 2 fully saturated rings. The van der Waals surface area contributed by atoms with Gasteiger partial charge < -0.3 is 9.80 Å². The van der Waals surface area contributed by atoms with Gasteiger partial charge in [-0.25, -0.2) is 4.98 Å². The SMILES string of the molecule is Cc1c(Cl)ccc2sc(N3CCN(C(=O)c4cccc(N5C(=O)CCC5=O)c4)CC3)nc12. The second kappa shape index (κ2) is 8.18. The number of anilines is 2. The molecule has 2 aliphatic rings. The Morgan fingerprint density at radius 1 is 1.03 bits per heavy atom. The van der Waals surface area contributed by atoms with Crippen molar-refractivity contribution in [3.05, 3.63) is 52.5 Å². The van der Waals surface area contributed by atoms with Gasteiger partial charge in [0.25, 0.3) is 5.91 Å². The van der Waals surface area contributed by atoms with Crippen LogP contribution in [0.25, 0.3) is 10.2 Å². The molecule has 0 aliphatic carbocycles. The summed E-state index contributed by atoms with van der Waals surface area (Å²) in [5, 5.41) is 1.65. The summed E-state index contributed by atoms with van der Waals surface area (Å²) in [6.45, 7) is 4.48. The second-order valence-corrected chi connectivity index (χ2v) is 9.38. The van der Waals surface area contributed by atoms with Crippen molar-refractivity contribution in [2.45, 2.75) is 19.8 Å². The fraction of sp³-hybridized carbons (Fsp3) is 0.304. The lowest BCUT2D eigenvalue weighted by Crippen LogP contribution is -2.48. The number of hydrogen-bond donors (Lipinski definition) is 0. The molecule has 9 heteroatoms. The van der Waals surface area contributed by atoms with Gasteiger partial charge in [-0.3, -0.25) is 19.3 Å². The fourth-order valence-corrected chi connectivity index (χ4v) is 5.38. The number of imide groups is 1. The van der Waals surface area contributed by atoms with Gasteiger partial charge in [-0.15, -0.1) is 0 Å². The summed E-state index contributed by atoms with van der Waals surface area (Å²) < 4.78 is 1.10. The van der Waals surface area contributed by atoms with Crippen molar-refractivity contribution in [3.63, 3.8) is 0 Å². The summed E-state index contributed by atoms with van der Waals surface area (Å²) in [6, 6.07) is 10.7. The van der Waals surface area contributed by atoms with Crippen LogP contribution in [0, 0.1) is 6.92 Å². The molecule has 0 radical (unpaired) electrons. The normalized spacial score (nSPS) is 17.0. The lowest BCUT2D eigenvalue weighted by atomic mass is 10.1. The molecule has 0 bridgehead atoms. The van der Waals surface area contributed by atoms with Crippen LogP contribution in [0.4, 0.5) is 10.8 Å². The summed E-state index contributed by atoms with van der Waals surface area (Å²) in [5.41, 5.74) is 2.85. The van der Waals surface area contributed by atoms with E-state index in [2.05, 4.69) is 4.90 Å². The molecule has 2 aromatic carbocycles. The predicted molar refractivity (Wildman–Crippen MR) is 126 cm³/mol. The van der Waals surface area contributed by atoms with Crippen LogP contribution >= 0.6 is 22.9 Å². The van der Waals surface area contributed by atoms with Crippen LogP contribution in [0.5, 0.6) is 0 Å². The number of aromatic nitrogens is 1. The molecule has 3 amide bonds. The van der Waals surface area contributed by atoms with E-state index < -0.39 is 0 Å². The molecule has 5 rings (SSSR count). The van der Waals surface area contributed by atoms with E-state index in [1.54, 1.807) is 40.5 Å². The number of aryl methyl sites for hydroxylation is 1. The van der Waals surface area contributed by atoms with Crippen molar-refractivity contribution in [1.29, 1.82) is 0 Å². The van der Waals surface area contributed by atoms with Gasteiger partial charge in [0.15, 0.2) is 5.13 Å². The van der Waals surface area contributed by atoms with Crippen LogP contribution in [0.2, 0.25) is 5.02 Å². The Labute approximate surface area is 194 Å². The predicted octanol–water partition coefficient (Wildman–Crippen LogP) is 3.87. The van der Waals surface area contributed by atoms with Gasteiger partial charge in [-0.05, 0) is 42.8 Å². The number of nitrogens with zero attached hydrogens (tertiary/aromatic N) is 4. The van der Waals surface area contributed by atoms with E-state index in [0.717, 1.165) is 20.9 Å². The highest BCUT2D eigenvalue weighted by molar-refractivity contribution is 7.22. The van der Waals surface area contributed by atoms with E-state index in [1.807, 2.05) is 19.1 Å². The van der Waals surface area contributed by atoms with Crippen molar-refractivity contribution >= 4 is 61.7 Å². The minimum atomic E-state index is -0.222. The number of benzene rings is 2. The molecule has 2 saturated heterocycles. The molecule has 0 N–H and O–H groups in total. The monoisotopic (exact) mass is 468 g/mol. The molecule has 0 unspecified atom stereocenters. The Morgan fingerprint density at radius 3 is 2.47 bits per heavy atom. The smallest absolute Gasteiger partial charge is 0.254 e. The van der Waals surface area contributed by atoms with Gasteiger partial charge in [-0.2, -0.15) is 0 Å². The van der Waals surface area contributed by atoms with Crippen molar-refractivity contribution in [1.82, 2.24) is 9.88 Å². The Kier molecular flexibility index (Phi) is 5.35. The fourth-order valence-electron chi connectivity index (χ4n) is 4.15. The van der Waals surface area contributed by atoms with Crippen LogP contribution in [0.3, 0.4) is 0 Å². The molecule has 1 aromatic heterocycles. The maximum Gasteiger partial charge on any atom is 0.254 e. The van der Waals surface area contributed by atoms with Gasteiger partial charge in [0.1, 0.15) is 0 Å². The topological polar surface area (TPSA) is 73.8 Å². The molecular weight excluding hydrogens is 448 g/mol. The van der Waals surface area contributed by atoms with Gasteiger partial charge in [0, 0.05) is 49.6 Å². The Morgan fingerprint density at radius 2 is 1.75 bits per heavy atom. The van der Waals surface area contributed by atoms with Gasteiger partial charge in [0.2, 0.25) is 11.8 Å². The maximum atomic E-state index is 13.1. The first-order chi connectivity index (χ1) is 15.4. The lowest BCUT2D eigenvalue weighted by Gasteiger charge is -2.34. The molecule has 164 valence electrons. The third-order valence-electron chi connectivity index (χ3n) is 5.98. The summed E-state index contributed by atoms with van der Waals surface area (Å²) in [4.78, 5) is 47.1. The van der Waals surface area contributed by atoms with Crippen LogP contribution in [0.1, 0.15) is 28.8 Å². The summed E-state index contributed by atoms with van der Waals surface area (Å²) in [7, 11) is 0. The van der Waals surface area contributed by atoms with Gasteiger partial charge >= 0.3 is 0 Å². The summed E-state index contributed by atoms with van der Waals surface area (Å²) in [5.74, 6) is -0.543. The number of hydrogen-bond acceptors (Lipinski definition) is 6. The van der Waals surface area contributed by atoms with E-state index >= 15 is 0 Å². The number of thiazole rings is 1. The van der Waals surface area contributed by atoms with Crippen LogP contribution in [0.15, 0.2) is 36.4 Å². The quantitative estimate of drug-likeness (QED) is 0.545. The average Bonchev–Trinajstić information content (AvgIpc) is 3.39. The third-order valence-corrected chi connectivity index (χ3v) is 7.47. The molecule has 0 atom stereocenters. The number of rotatable bonds is 3. The van der Waals surface area contributed by atoms with E-state index in [9.17, 15) is 14.4 Å². The second-order valence-electron chi connectivity index (χ2n) is 7.97. The maximum absolute atomic E-state index is 13.1. The first-order valence-corrected chi connectivity index (χ1v) is 11.7. The van der Waals surface area contributed by atoms with Gasteiger partial charge in [0.05, 0.1) is 15.9 Å². The van der Waals surface area contributed by atoms with Crippen molar-refractivity contribution < 1.29 is 14.4 Å². The van der Waals surface area contributed by atoms with E-state index in [-0.39, 0.29) is 30.6 Å². The number of fused-ring (bicyclic) bond motifs is 1. The standard InChI is InChI=1S/C23H21ClN4O3S/c1-14-17(24)5-6-18-21(14)25-23(32-18)27-11-9-26(10-12-27)22(31)15-3-2-4-16(13-15)28-19(29)7-8-20(28)30/h2-6,13H,7-12H2,1H3. The van der Waals surface area contributed by atoms with Crippen molar-refractivity contribution in [3.8, 4) is 0 Å². The average molecular weight is 469 g/mol. The number of halogens is 1. The number of carbonyl (C=O) groups excluding carboxylic acids is 3. The zero-order valence-electron chi connectivity index (χ0n) is 17.5. The van der Waals surface area contributed by atoms with Crippen molar-refractivity contribution in [2.24, 2.45) is 0 Å². The molecule has 3 heterocycles. The van der Waals surface area contributed by atoms with E-state index in [4.69, 9.17) is 16.6 Å². The van der Waals surface area contributed by atoms with E-state index in [1.165, 1.54) is 4.90 Å². The zero-order valence-corrected chi connectivity index (χ0v) is 19.1. The number of piperazine rings is 1. The first-order valence-electron chi connectivity index (χ1n) is 10.5. The Balaban J connectivity index is 1.29. The minimum absolute atomic E-state index is 0.0995. The highest BCUT2D eigenvalue weighted by Crippen LogP contribution is 2.34. The third kappa shape index (κ3) is 3.63. The number of amides is 3. The van der Waals surface area contributed by atoms with Crippen LogP contribution in [-0.4, -0.2) is 53.8 Å². The Bertz CT molecular complexity index is 1230. The number of carbonyl (C=O) groups is 3. The van der Waals surface area contributed by atoms with Gasteiger partial charge in [-0.1, -0.05) is 29.0 Å². The molecule has 0 spiro atoms. The molecule has 3 aromatic rings. The molecule has 0 saturated carbocycles. The largest absolute Gasteiger partial charge is 0.345 e. The molecular formula is C23H21ClN4O3S. The summed E-state index contributed by atoms with van der Waals surface area (Å²) in [6.07, 6.45) is 0.437.